The van der Waals surface area contributed by atoms with E-state index in [9.17, 15) is 18.0 Å². The molecule has 9 nitrogen and oxygen atoms in total. The lowest BCUT2D eigenvalue weighted by atomic mass is 10.1. The lowest BCUT2D eigenvalue weighted by Crippen LogP contribution is -2.44. The second kappa shape index (κ2) is 7.56. The molecule has 0 spiro atoms. The molecule has 2 amide bonds. The van der Waals surface area contributed by atoms with Crippen molar-refractivity contribution >= 4 is 27.4 Å². The van der Waals surface area contributed by atoms with Crippen LogP contribution in [0.3, 0.4) is 0 Å². The third-order valence-corrected chi connectivity index (χ3v) is 6.31. The van der Waals surface area contributed by atoms with Gasteiger partial charge in [0.15, 0.2) is 9.84 Å². The minimum absolute atomic E-state index is 0.0623. The van der Waals surface area contributed by atoms with Crippen LogP contribution in [0, 0.1) is 0 Å². The quantitative estimate of drug-likeness (QED) is 0.676. The van der Waals surface area contributed by atoms with Gasteiger partial charge in [-0.05, 0) is 24.8 Å². The van der Waals surface area contributed by atoms with Crippen molar-refractivity contribution in [3.8, 4) is 0 Å². The van der Waals surface area contributed by atoms with Gasteiger partial charge in [0, 0.05) is 32.6 Å². The number of hydrazone groups is 1. The van der Waals surface area contributed by atoms with Crippen LogP contribution in [-0.4, -0.2) is 64.8 Å². The maximum absolute atomic E-state index is 12.3. The third-order valence-electron chi connectivity index (χ3n) is 4.56. The van der Waals surface area contributed by atoms with E-state index in [2.05, 4.69) is 15.5 Å². The summed E-state index contributed by atoms with van der Waals surface area (Å²) < 4.78 is 25.0. The summed E-state index contributed by atoms with van der Waals surface area (Å²) in [6, 6.07) is -0.457. The standard InChI is InChI=1S/C16H23N5O4S/c1-20-10-12(9-18-20)3-2-7-17-16(23)14-4-5-15(22)21(19-14)13-6-8-26(24,25)11-13/h9-10,13H,2-8,11H2,1H3,(H,17,23)/t13-/m0/s1. The molecule has 0 bridgehead atoms. The molecule has 0 radical (unpaired) electrons. The molecule has 1 saturated heterocycles. The van der Waals surface area contributed by atoms with Gasteiger partial charge in [0.05, 0.1) is 23.7 Å². The summed E-state index contributed by atoms with van der Waals surface area (Å²) in [7, 11) is -1.26. The molecule has 10 heteroatoms. The number of aromatic nitrogens is 2. The monoisotopic (exact) mass is 381 g/mol. The zero-order valence-electron chi connectivity index (χ0n) is 14.7. The first kappa shape index (κ1) is 18.6. The highest BCUT2D eigenvalue weighted by atomic mass is 32.2. The number of rotatable bonds is 6. The molecule has 1 aromatic heterocycles. The highest BCUT2D eigenvalue weighted by molar-refractivity contribution is 7.91. The maximum atomic E-state index is 12.3. The number of hydrogen-bond donors (Lipinski definition) is 1. The smallest absolute Gasteiger partial charge is 0.267 e. The third kappa shape index (κ3) is 4.48. The summed E-state index contributed by atoms with van der Waals surface area (Å²) in [5.74, 6) is -0.537. The molecule has 3 rings (SSSR count). The van der Waals surface area contributed by atoms with Crippen LogP contribution in [0.25, 0.3) is 0 Å². The van der Waals surface area contributed by atoms with Crippen molar-refractivity contribution in [2.24, 2.45) is 12.1 Å². The minimum atomic E-state index is -3.12. The van der Waals surface area contributed by atoms with Gasteiger partial charge in [-0.1, -0.05) is 0 Å². The van der Waals surface area contributed by atoms with E-state index >= 15 is 0 Å². The number of carbonyl (C=O) groups is 2. The van der Waals surface area contributed by atoms with Gasteiger partial charge in [0.1, 0.15) is 5.71 Å². The first-order valence-corrected chi connectivity index (χ1v) is 10.5. The van der Waals surface area contributed by atoms with Gasteiger partial charge < -0.3 is 5.32 Å². The number of sulfone groups is 1. The summed E-state index contributed by atoms with van der Waals surface area (Å²) in [5, 5.41) is 12.3. The van der Waals surface area contributed by atoms with Crippen molar-refractivity contribution in [2.45, 2.75) is 38.1 Å². The molecular weight excluding hydrogens is 358 g/mol. The zero-order valence-corrected chi connectivity index (χ0v) is 15.5. The molecule has 0 unspecified atom stereocenters. The van der Waals surface area contributed by atoms with Crippen molar-refractivity contribution in [1.29, 1.82) is 0 Å². The number of nitrogens with zero attached hydrogens (tertiary/aromatic N) is 4. The Morgan fingerprint density at radius 1 is 1.38 bits per heavy atom. The number of hydrogen-bond acceptors (Lipinski definition) is 6. The molecular formula is C16H23N5O4S. The van der Waals surface area contributed by atoms with E-state index in [-0.39, 0.29) is 41.9 Å². The number of carbonyl (C=O) groups excluding carboxylic acids is 2. The van der Waals surface area contributed by atoms with E-state index < -0.39 is 15.9 Å². The van der Waals surface area contributed by atoms with E-state index in [1.165, 1.54) is 5.01 Å². The Hall–Kier alpha value is -2.23. The molecule has 142 valence electrons. The summed E-state index contributed by atoms with van der Waals surface area (Å²) in [6.07, 6.45) is 6.15. The van der Waals surface area contributed by atoms with Crippen LogP contribution < -0.4 is 5.32 Å². The SMILES string of the molecule is Cn1cc(CCCNC(=O)C2=NN([C@H]3CCS(=O)(=O)C3)C(=O)CC2)cn1. The largest absolute Gasteiger partial charge is 0.351 e. The molecule has 26 heavy (non-hydrogen) atoms. The van der Waals surface area contributed by atoms with Crippen LogP contribution in [-0.2, 0) is 32.9 Å². The number of nitrogens with one attached hydrogen (secondary N) is 1. The molecule has 1 aromatic rings. The van der Waals surface area contributed by atoms with Gasteiger partial charge >= 0.3 is 0 Å². The second-order valence-electron chi connectivity index (χ2n) is 6.72. The first-order chi connectivity index (χ1) is 12.3. The average Bonchev–Trinajstić information content (AvgIpc) is 3.17. The van der Waals surface area contributed by atoms with Crippen molar-refractivity contribution < 1.29 is 18.0 Å². The van der Waals surface area contributed by atoms with Gasteiger partial charge in [-0.15, -0.1) is 0 Å². The maximum Gasteiger partial charge on any atom is 0.267 e. The van der Waals surface area contributed by atoms with Crippen molar-refractivity contribution in [3.05, 3.63) is 18.0 Å². The summed E-state index contributed by atoms with van der Waals surface area (Å²) >= 11 is 0. The minimum Gasteiger partial charge on any atom is -0.351 e. The Morgan fingerprint density at radius 2 is 2.19 bits per heavy atom. The predicted octanol–water partition coefficient (Wildman–Crippen LogP) is -0.366. The molecule has 0 saturated carbocycles. The molecule has 1 N–H and O–H groups in total. The van der Waals surface area contributed by atoms with E-state index in [4.69, 9.17) is 0 Å². The van der Waals surface area contributed by atoms with Gasteiger partial charge in [-0.3, -0.25) is 14.3 Å². The zero-order chi connectivity index (χ0) is 18.7. The summed E-state index contributed by atoms with van der Waals surface area (Å²) in [4.78, 5) is 24.4. The molecule has 1 atom stereocenters. The van der Waals surface area contributed by atoms with E-state index in [1.54, 1.807) is 10.9 Å². The van der Waals surface area contributed by atoms with Gasteiger partial charge in [-0.25, -0.2) is 13.4 Å². The molecule has 1 fully saturated rings. The van der Waals surface area contributed by atoms with Crippen LogP contribution in [0.15, 0.2) is 17.5 Å². The molecule has 2 aliphatic rings. The highest BCUT2D eigenvalue weighted by Crippen LogP contribution is 2.22. The van der Waals surface area contributed by atoms with Crippen molar-refractivity contribution in [2.75, 3.05) is 18.1 Å². The number of amides is 2. The Kier molecular flexibility index (Phi) is 5.40. The predicted molar refractivity (Wildman–Crippen MR) is 95.1 cm³/mol. The van der Waals surface area contributed by atoms with Gasteiger partial charge in [-0.2, -0.15) is 10.2 Å². The molecule has 0 aliphatic carbocycles. The van der Waals surface area contributed by atoms with Crippen LogP contribution in [0.5, 0.6) is 0 Å². The average molecular weight is 381 g/mol. The van der Waals surface area contributed by atoms with Crippen molar-refractivity contribution in [1.82, 2.24) is 20.1 Å². The van der Waals surface area contributed by atoms with E-state index in [1.807, 2.05) is 13.2 Å². The van der Waals surface area contributed by atoms with Crippen LogP contribution in [0.1, 0.15) is 31.2 Å². The Morgan fingerprint density at radius 3 is 2.85 bits per heavy atom. The van der Waals surface area contributed by atoms with Crippen LogP contribution >= 0.6 is 0 Å². The van der Waals surface area contributed by atoms with Crippen molar-refractivity contribution in [3.63, 3.8) is 0 Å². The lowest BCUT2D eigenvalue weighted by molar-refractivity contribution is -0.133. The highest BCUT2D eigenvalue weighted by Gasteiger charge is 2.37. The fourth-order valence-corrected chi connectivity index (χ4v) is 4.88. The molecule has 2 aliphatic heterocycles. The fraction of sp³-hybridized carbons (Fsp3) is 0.625. The molecule has 3 heterocycles. The second-order valence-corrected chi connectivity index (χ2v) is 8.95. The Balaban J connectivity index is 1.53. The van der Waals surface area contributed by atoms with Crippen LogP contribution in [0.2, 0.25) is 0 Å². The Labute approximate surface area is 152 Å². The Bertz CT molecular complexity index is 829. The first-order valence-electron chi connectivity index (χ1n) is 8.70. The van der Waals surface area contributed by atoms with Gasteiger partial charge in [0.2, 0.25) is 5.91 Å². The van der Waals surface area contributed by atoms with Gasteiger partial charge in [0.25, 0.3) is 5.91 Å². The van der Waals surface area contributed by atoms with E-state index in [0.717, 1.165) is 18.4 Å². The molecule has 0 aromatic carbocycles. The fourth-order valence-electron chi connectivity index (χ4n) is 3.19. The summed E-state index contributed by atoms with van der Waals surface area (Å²) in [5.41, 5.74) is 1.39. The normalized spacial score (nSPS) is 22.3. The summed E-state index contributed by atoms with van der Waals surface area (Å²) in [6.45, 7) is 0.499. The topological polar surface area (TPSA) is 114 Å². The van der Waals surface area contributed by atoms with Crippen LogP contribution in [0.4, 0.5) is 0 Å². The van der Waals surface area contributed by atoms with E-state index in [0.29, 0.717) is 13.0 Å². The lowest BCUT2D eigenvalue weighted by Gasteiger charge is -2.27. The number of aryl methyl sites for hydroxylation is 2.